The zero-order valence-corrected chi connectivity index (χ0v) is 14.6. The average molecular weight is 379 g/mol. The van der Waals surface area contributed by atoms with Crippen LogP contribution in [0.3, 0.4) is 0 Å². The van der Waals surface area contributed by atoms with Crippen molar-refractivity contribution in [1.29, 1.82) is 0 Å². The van der Waals surface area contributed by atoms with Crippen molar-refractivity contribution in [1.82, 2.24) is 0 Å². The Morgan fingerprint density at radius 3 is 2.42 bits per heavy atom. The molecule has 0 saturated heterocycles. The van der Waals surface area contributed by atoms with Crippen LogP contribution in [0.2, 0.25) is 5.02 Å². The summed E-state index contributed by atoms with van der Waals surface area (Å²) < 4.78 is 9.93. The zero-order chi connectivity index (χ0) is 19.3. The Kier molecular flexibility index (Phi) is 6.13. The van der Waals surface area contributed by atoms with Crippen LogP contribution in [0, 0.1) is 10.1 Å². The summed E-state index contributed by atoms with van der Waals surface area (Å²) in [5.41, 5.74) is 0.0475. The Morgan fingerprint density at radius 1 is 1.19 bits per heavy atom. The van der Waals surface area contributed by atoms with E-state index in [4.69, 9.17) is 21.1 Å². The molecule has 136 valence electrons. The fourth-order valence-corrected chi connectivity index (χ4v) is 2.14. The van der Waals surface area contributed by atoms with Crippen LogP contribution < -0.4 is 10.1 Å². The van der Waals surface area contributed by atoms with Crippen LogP contribution in [0.15, 0.2) is 42.5 Å². The molecule has 0 heterocycles. The number of nitrogens with zero attached hydrogens (tertiary/aromatic N) is 1. The molecule has 0 saturated carbocycles. The summed E-state index contributed by atoms with van der Waals surface area (Å²) in [7, 11) is 1.28. The lowest BCUT2D eigenvalue weighted by molar-refractivity contribution is -0.385. The number of hydrogen-bond acceptors (Lipinski definition) is 6. The van der Waals surface area contributed by atoms with E-state index in [1.165, 1.54) is 26.2 Å². The second-order valence-corrected chi connectivity index (χ2v) is 5.62. The fraction of sp³-hybridized carbons (Fsp3) is 0.176. The smallest absolute Gasteiger partial charge is 0.339 e. The normalized spacial score (nSPS) is 11.3. The van der Waals surface area contributed by atoms with Gasteiger partial charge in [-0.05, 0) is 43.3 Å². The highest BCUT2D eigenvalue weighted by atomic mass is 35.5. The summed E-state index contributed by atoms with van der Waals surface area (Å²) in [5.74, 6) is -1.40. The monoisotopic (exact) mass is 378 g/mol. The summed E-state index contributed by atoms with van der Waals surface area (Å²) in [6, 6.07) is 10.0. The van der Waals surface area contributed by atoms with E-state index in [1.807, 2.05) is 0 Å². The van der Waals surface area contributed by atoms with E-state index < -0.39 is 22.9 Å². The van der Waals surface area contributed by atoms with Gasteiger partial charge in [-0.15, -0.1) is 0 Å². The highest BCUT2D eigenvalue weighted by molar-refractivity contribution is 6.30. The van der Waals surface area contributed by atoms with Crippen LogP contribution in [-0.4, -0.2) is 30.0 Å². The molecule has 1 amide bonds. The first-order valence-electron chi connectivity index (χ1n) is 7.41. The van der Waals surface area contributed by atoms with Crippen LogP contribution in [0.4, 0.5) is 11.4 Å². The number of nitro groups is 1. The van der Waals surface area contributed by atoms with Crippen molar-refractivity contribution in [3.63, 3.8) is 0 Å². The number of amides is 1. The molecule has 26 heavy (non-hydrogen) atoms. The molecular formula is C17H15ClN2O6. The Bertz CT molecular complexity index is 838. The second-order valence-electron chi connectivity index (χ2n) is 5.19. The Hall–Kier alpha value is -3.13. The highest BCUT2D eigenvalue weighted by Gasteiger charge is 2.22. The van der Waals surface area contributed by atoms with Crippen LogP contribution in [0.5, 0.6) is 5.75 Å². The van der Waals surface area contributed by atoms with Gasteiger partial charge in [-0.2, -0.15) is 0 Å². The van der Waals surface area contributed by atoms with Gasteiger partial charge in [0.25, 0.3) is 5.91 Å². The molecule has 1 atom stereocenters. The number of nitrogens with one attached hydrogen (secondary N) is 1. The van der Waals surface area contributed by atoms with Crippen LogP contribution in [0.1, 0.15) is 17.3 Å². The number of anilines is 1. The fourth-order valence-electron chi connectivity index (χ4n) is 2.02. The Balaban J connectivity index is 2.06. The van der Waals surface area contributed by atoms with Crippen LogP contribution in [0.25, 0.3) is 0 Å². The van der Waals surface area contributed by atoms with Gasteiger partial charge in [0.15, 0.2) is 11.9 Å². The van der Waals surface area contributed by atoms with Gasteiger partial charge >= 0.3 is 11.7 Å². The van der Waals surface area contributed by atoms with Gasteiger partial charge < -0.3 is 14.8 Å². The Labute approximate surface area is 153 Å². The van der Waals surface area contributed by atoms with Gasteiger partial charge in [-0.3, -0.25) is 14.9 Å². The third-order valence-corrected chi connectivity index (χ3v) is 3.63. The predicted molar refractivity (Wildman–Crippen MR) is 94.6 cm³/mol. The molecule has 0 spiro atoms. The number of rotatable bonds is 6. The molecule has 2 aromatic rings. The number of esters is 1. The van der Waals surface area contributed by atoms with Crippen molar-refractivity contribution in [3.05, 3.63) is 63.2 Å². The highest BCUT2D eigenvalue weighted by Crippen LogP contribution is 2.28. The van der Waals surface area contributed by atoms with Crippen molar-refractivity contribution in [2.24, 2.45) is 0 Å². The largest absolute Gasteiger partial charge is 0.490 e. The minimum atomic E-state index is -1.11. The van der Waals surface area contributed by atoms with Gasteiger partial charge in [-0.25, -0.2) is 4.79 Å². The number of benzene rings is 2. The molecule has 0 aliphatic carbocycles. The first kappa shape index (κ1) is 19.2. The van der Waals surface area contributed by atoms with Crippen molar-refractivity contribution < 1.29 is 24.0 Å². The lowest BCUT2D eigenvalue weighted by Gasteiger charge is -2.14. The topological polar surface area (TPSA) is 108 Å². The number of nitro benzene ring substituents is 1. The number of halogens is 1. The summed E-state index contributed by atoms with van der Waals surface area (Å²) in [5, 5.41) is 14.1. The first-order valence-corrected chi connectivity index (χ1v) is 7.79. The summed E-state index contributed by atoms with van der Waals surface area (Å²) in [6.45, 7) is 1.39. The average Bonchev–Trinajstić information content (AvgIpc) is 2.62. The third kappa shape index (κ3) is 4.70. The van der Waals surface area contributed by atoms with E-state index in [1.54, 1.807) is 24.3 Å². The van der Waals surface area contributed by atoms with E-state index >= 15 is 0 Å². The second kappa shape index (κ2) is 8.30. The predicted octanol–water partition coefficient (Wildman–Crippen LogP) is 3.44. The molecule has 9 heteroatoms. The number of hydrogen-bond donors (Lipinski definition) is 1. The first-order chi connectivity index (χ1) is 12.3. The van der Waals surface area contributed by atoms with Crippen molar-refractivity contribution in [3.8, 4) is 5.75 Å². The molecule has 2 rings (SSSR count). The molecular weight excluding hydrogens is 364 g/mol. The maximum atomic E-state index is 12.1. The van der Waals surface area contributed by atoms with Gasteiger partial charge in [0.2, 0.25) is 0 Å². The minimum Gasteiger partial charge on any atom is -0.490 e. The van der Waals surface area contributed by atoms with Crippen LogP contribution in [-0.2, 0) is 9.53 Å². The van der Waals surface area contributed by atoms with Crippen molar-refractivity contribution >= 4 is 34.9 Å². The summed E-state index contributed by atoms with van der Waals surface area (Å²) >= 11 is 5.77. The molecule has 0 radical (unpaired) electrons. The molecule has 1 N–H and O–H groups in total. The van der Waals surface area contributed by atoms with Crippen molar-refractivity contribution in [2.45, 2.75) is 13.0 Å². The SMILES string of the molecule is COc1ccc(C(=O)O[C@@H](C)C(=O)Nc2ccc(Cl)cc2)cc1[N+](=O)[O-]. The van der Waals surface area contributed by atoms with E-state index in [-0.39, 0.29) is 17.0 Å². The summed E-state index contributed by atoms with van der Waals surface area (Å²) in [4.78, 5) is 34.6. The molecule has 0 unspecified atom stereocenters. The molecule has 0 aliphatic rings. The standard InChI is InChI=1S/C17H15ClN2O6/c1-10(16(21)19-13-6-4-12(18)5-7-13)26-17(22)11-3-8-15(25-2)14(9-11)20(23)24/h3-10H,1-2H3,(H,19,21)/t10-/m0/s1. The molecule has 0 bridgehead atoms. The lowest BCUT2D eigenvalue weighted by Crippen LogP contribution is -2.30. The molecule has 0 aliphatic heterocycles. The lowest BCUT2D eigenvalue weighted by atomic mass is 10.2. The molecule has 0 fully saturated rings. The Morgan fingerprint density at radius 2 is 1.85 bits per heavy atom. The van der Waals surface area contributed by atoms with Gasteiger partial charge in [-0.1, -0.05) is 11.6 Å². The van der Waals surface area contributed by atoms with E-state index in [2.05, 4.69) is 5.32 Å². The molecule has 0 aromatic heterocycles. The molecule has 2 aromatic carbocycles. The maximum Gasteiger partial charge on any atom is 0.339 e. The third-order valence-electron chi connectivity index (χ3n) is 3.38. The zero-order valence-electron chi connectivity index (χ0n) is 13.9. The van der Waals surface area contributed by atoms with E-state index in [9.17, 15) is 19.7 Å². The minimum absolute atomic E-state index is 0.0140. The van der Waals surface area contributed by atoms with Gasteiger partial charge in [0.05, 0.1) is 17.6 Å². The van der Waals surface area contributed by atoms with Crippen LogP contribution >= 0.6 is 11.6 Å². The number of methoxy groups -OCH3 is 1. The summed E-state index contributed by atoms with van der Waals surface area (Å²) in [6.07, 6.45) is -1.11. The van der Waals surface area contributed by atoms with Crippen molar-refractivity contribution in [2.75, 3.05) is 12.4 Å². The number of carbonyl (C=O) groups is 2. The van der Waals surface area contributed by atoms with E-state index in [0.29, 0.717) is 10.7 Å². The van der Waals surface area contributed by atoms with E-state index in [0.717, 1.165) is 6.07 Å². The maximum absolute atomic E-state index is 12.1. The quantitative estimate of drug-likeness (QED) is 0.468. The number of carbonyl (C=O) groups excluding carboxylic acids is 2. The molecule has 8 nitrogen and oxygen atoms in total. The van der Waals surface area contributed by atoms with Gasteiger partial charge in [0.1, 0.15) is 0 Å². The van der Waals surface area contributed by atoms with Gasteiger partial charge in [0, 0.05) is 16.8 Å². The number of ether oxygens (including phenoxy) is 2.